The monoisotopic (exact) mass is 313 g/mol. The first-order chi connectivity index (χ1) is 5.57. The van der Waals surface area contributed by atoms with E-state index in [0.717, 1.165) is 5.16 Å². The number of thioether (sulfide) groups is 1. The van der Waals surface area contributed by atoms with Crippen molar-refractivity contribution in [2.45, 2.75) is 12.1 Å². The third kappa shape index (κ3) is 2.43. The van der Waals surface area contributed by atoms with Crippen LogP contribution in [0.4, 0.5) is 0 Å². The number of aromatic nitrogens is 3. The quantitative estimate of drug-likeness (QED) is 0.309. The molecule has 0 fully saturated rings. The highest BCUT2D eigenvalue weighted by atomic mass is 127. The summed E-state index contributed by atoms with van der Waals surface area (Å²) >= 11 is 1.46. The summed E-state index contributed by atoms with van der Waals surface area (Å²) in [7, 11) is 3.50. The van der Waals surface area contributed by atoms with Gasteiger partial charge in [-0.25, -0.2) is 0 Å². The number of aryl methyl sites for hydroxylation is 1. The molecule has 13 heavy (non-hydrogen) atoms. The Labute approximate surface area is 98.4 Å². The predicted molar refractivity (Wildman–Crippen MR) is 47.2 cm³/mol. The van der Waals surface area contributed by atoms with E-state index in [4.69, 9.17) is 0 Å². The molecule has 0 spiro atoms. The molecular formula is C7H12IN3OS. The third-order valence-electron chi connectivity index (χ3n) is 1.80. The van der Waals surface area contributed by atoms with Crippen LogP contribution >= 0.6 is 11.8 Å². The lowest BCUT2D eigenvalue weighted by atomic mass is 10.5. The van der Waals surface area contributed by atoms with Crippen LogP contribution in [0.15, 0.2) is 9.95 Å². The lowest BCUT2D eigenvalue weighted by molar-refractivity contribution is -0.741. The average Bonchev–Trinajstić information content (AvgIpc) is 2.08. The normalized spacial score (nSPS) is 9.54. The van der Waals surface area contributed by atoms with Crippen LogP contribution in [0.25, 0.3) is 0 Å². The fourth-order valence-corrected chi connectivity index (χ4v) is 1.48. The number of hydrogen-bond donors (Lipinski definition) is 0. The van der Waals surface area contributed by atoms with Gasteiger partial charge in [0.1, 0.15) is 0 Å². The Kier molecular flexibility index (Phi) is 4.90. The van der Waals surface area contributed by atoms with E-state index in [1.807, 2.05) is 6.26 Å². The number of rotatable bonds is 1. The molecule has 0 bridgehead atoms. The van der Waals surface area contributed by atoms with Gasteiger partial charge in [-0.3, -0.25) is 9.36 Å². The maximum Gasteiger partial charge on any atom is 0.322 e. The summed E-state index contributed by atoms with van der Waals surface area (Å²) < 4.78 is 3.16. The smallest absolute Gasteiger partial charge is 0.322 e. The maximum absolute atomic E-state index is 11.5. The van der Waals surface area contributed by atoms with Crippen molar-refractivity contribution in [1.29, 1.82) is 0 Å². The van der Waals surface area contributed by atoms with Gasteiger partial charge in [-0.1, -0.05) is 16.4 Å². The van der Waals surface area contributed by atoms with E-state index in [9.17, 15) is 4.79 Å². The molecule has 0 saturated heterocycles. The van der Waals surface area contributed by atoms with E-state index in [0.29, 0.717) is 5.69 Å². The van der Waals surface area contributed by atoms with Crippen LogP contribution in [0.1, 0.15) is 5.69 Å². The summed E-state index contributed by atoms with van der Waals surface area (Å²) in [5, 5.41) is 4.92. The summed E-state index contributed by atoms with van der Waals surface area (Å²) in [5.41, 5.74) is 0.659. The lowest BCUT2D eigenvalue weighted by Gasteiger charge is -2.00. The zero-order valence-corrected chi connectivity index (χ0v) is 11.0. The topological polar surface area (TPSA) is 38.8 Å². The molecule has 0 aliphatic heterocycles. The first kappa shape index (κ1) is 12.9. The molecule has 1 rings (SSSR count). The van der Waals surface area contributed by atoms with Crippen LogP contribution in [0.2, 0.25) is 0 Å². The van der Waals surface area contributed by atoms with Gasteiger partial charge in [0.25, 0.3) is 5.69 Å². The minimum Gasteiger partial charge on any atom is -1.00 e. The molecule has 4 nitrogen and oxygen atoms in total. The summed E-state index contributed by atoms with van der Waals surface area (Å²) in [4.78, 5) is 11.5. The molecule has 1 heterocycles. The molecule has 1 aromatic rings. The van der Waals surface area contributed by atoms with Crippen LogP contribution in [-0.4, -0.2) is 15.9 Å². The first-order valence-electron chi connectivity index (χ1n) is 3.56. The summed E-state index contributed by atoms with van der Waals surface area (Å²) in [6.45, 7) is 1.76. The van der Waals surface area contributed by atoms with Gasteiger partial charge in [0.15, 0.2) is 7.05 Å². The van der Waals surface area contributed by atoms with Crippen LogP contribution in [-0.2, 0) is 14.1 Å². The van der Waals surface area contributed by atoms with Crippen molar-refractivity contribution in [1.82, 2.24) is 9.67 Å². The zero-order chi connectivity index (χ0) is 9.30. The molecule has 0 aromatic carbocycles. The van der Waals surface area contributed by atoms with Crippen molar-refractivity contribution in [3.8, 4) is 0 Å². The molecule has 74 valence electrons. The molecule has 0 unspecified atom stereocenters. The third-order valence-corrected chi connectivity index (χ3v) is 2.53. The number of halogens is 1. The average molecular weight is 313 g/mol. The first-order valence-corrected chi connectivity index (χ1v) is 4.78. The Balaban J connectivity index is 0.00000144. The molecule has 0 N–H and O–H groups in total. The molecule has 0 radical (unpaired) electrons. The van der Waals surface area contributed by atoms with E-state index < -0.39 is 0 Å². The number of hydrogen-bond acceptors (Lipinski definition) is 3. The van der Waals surface area contributed by atoms with Gasteiger partial charge < -0.3 is 24.0 Å². The maximum atomic E-state index is 11.5. The fraction of sp³-hybridized carbons (Fsp3) is 0.571. The molecule has 0 aliphatic carbocycles. The minimum atomic E-state index is 0. The second-order valence-electron chi connectivity index (χ2n) is 2.56. The Hall–Kier alpha value is -0.110. The van der Waals surface area contributed by atoms with Crippen molar-refractivity contribution in [2.24, 2.45) is 14.1 Å². The largest absolute Gasteiger partial charge is 1.00 e. The highest BCUT2D eigenvalue weighted by Crippen LogP contribution is 2.04. The van der Waals surface area contributed by atoms with Crippen molar-refractivity contribution in [3.63, 3.8) is 0 Å². The van der Waals surface area contributed by atoms with Gasteiger partial charge in [0.05, 0.1) is 0 Å². The van der Waals surface area contributed by atoms with Crippen LogP contribution in [0, 0.1) is 6.92 Å². The van der Waals surface area contributed by atoms with Crippen molar-refractivity contribution in [3.05, 3.63) is 16.0 Å². The van der Waals surface area contributed by atoms with Crippen molar-refractivity contribution in [2.75, 3.05) is 6.26 Å². The van der Waals surface area contributed by atoms with Crippen LogP contribution < -0.4 is 34.2 Å². The van der Waals surface area contributed by atoms with Gasteiger partial charge in [-0.05, 0) is 6.26 Å². The molecule has 6 heteroatoms. The second-order valence-corrected chi connectivity index (χ2v) is 3.33. The predicted octanol–water partition coefficient (Wildman–Crippen LogP) is -3.36. The molecule has 0 aliphatic rings. The van der Waals surface area contributed by atoms with Gasteiger partial charge >= 0.3 is 5.56 Å². The zero-order valence-electron chi connectivity index (χ0n) is 8.04. The highest BCUT2D eigenvalue weighted by molar-refractivity contribution is 7.98. The molecule has 0 atom stereocenters. The van der Waals surface area contributed by atoms with Gasteiger partial charge in [0, 0.05) is 19.1 Å². The fourth-order valence-electron chi connectivity index (χ4n) is 0.916. The Morgan fingerprint density at radius 3 is 2.54 bits per heavy atom. The van der Waals surface area contributed by atoms with Gasteiger partial charge in [-0.15, -0.1) is 0 Å². The van der Waals surface area contributed by atoms with E-state index in [1.165, 1.54) is 11.8 Å². The van der Waals surface area contributed by atoms with Crippen LogP contribution in [0.5, 0.6) is 0 Å². The lowest BCUT2D eigenvalue weighted by Crippen LogP contribution is -3.00. The van der Waals surface area contributed by atoms with Crippen molar-refractivity contribution < 1.29 is 28.7 Å². The Morgan fingerprint density at radius 1 is 1.54 bits per heavy atom. The summed E-state index contributed by atoms with van der Waals surface area (Å²) in [6, 6.07) is 0. The van der Waals surface area contributed by atoms with Crippen molar-refractivity contribution >= 4 is 11.8 Å². The molecule has 1 aromatic heterocycles. The van der Waals surface area contributed by atoms with E-state index in [2.05, 4.69) is 5.10 Å². The van der Waals surface area contributed by atoms with Crippen LogP contribution in [0.3, 0.4) is 0 Å². The SMILES string of the molecule is CSc1n[n+](C)c(C)c(=O)n1C.[I-]. The summed E-state index contributed by atoms with van der Waals surface area (Å²) in [5.74, 6) is 0. The molecular weight excluding hydrogens is 301 g/mol. The minimum absolute atomic E-state index is 0. The second kappa shape index (κ2) is 4.94. The standard InChI is InChI=1S/C7H12N3OS.HI/c1-5-6(11)9(2)7(12-4)8-10(5)3;/h1-4H3;1H/q+1;/p-1. The highest BCUT2D eigenvalue weighted by Gasteiger charge is 2.13. The van der Waals surface area contributed by atoms with Gasteiger partial charge in [-0.2, -0.15) is 0 Å². The van der Waals surface area contributed by atoms with Gasteiger partial charge in [0.2, 0.25) is 5.16 Å². The summed E-state index contributed by atoms with van der Waals surface area (Å²) in [6.07, 6.45) is 1.90. The Morgan fingerprint density at radius 2 is 2.08 bits per heavy atom. The van der Waals surface area contributed by atoms with E-state index in [1.54, 1.807) is 30.3 Å². The van der Waals surface area contributed by atoms with E-state index >= 15 is 0 Å². The van der Waals surface area contributed by atoms with E-state index in [-0.39, 0.29) is 29.5 Å². The molecule has 0 amide bonds. The molecule has 0 saturated carbocycles. The Bertz CT molecular complexity index is 363. The number of nitrogens with zero attached hydrogens (tertiary/aromatic N) is 3.